The summed E-state index contributed by atoms with van der Waals surface area (Å²) in [7, 11) is 0. The molecule has 3 N–H and O–H groups in total. The molecular weight excluding hydrogens is 194 g/mol. The van der Waals surface area contributed by atoms with Gasteiger partial charge >= 0.3 is 0 Å². The normalized spacial score (nSPS) is 11.9. The first-order chi connectivity index (χ1) is 7.06. The van der Waals surface area contributed by atoms with Gasteiger partial charge in [-0.3, -0.25) is 0 Å². The number of pyridine rings is 1. The van der Waals surface area contributed by atoms with Crippen molar-refractivity contribution in [3.8, 4) is 5.88 Å². The molecule has 0 spiro atoms. The fraction of sp³-hybridized carbons (Fsp3) is 0.400. The van der Waals surface area contributed by atoms with E-state index >= 15 is 0 Å². The number of hydrogen-bond acceptors (Lipinski definition) is 4. The van der Waals surface area contributed by atoms with Crippen LogP contribution in [0.1, 0.15) is 25.0 Å². The Labute approximate surface area is 88.6 Å². The zero-order valence-electron chi connectivity index (χ0n) is 9.06. The van der Waals surface area contributed by atoms with Crippen LogP contribution in [0.4, 0.5) is 0 Å². The molecule has 0 aliphatic rings. The van der Waals surface area contributed by atoms with E-state index in [0.29, 0.717) is 11.4 Å². The third-order valence-electron chi connectivity index (χ3n) is 1.84. The second-order valence-corrected chi connectivity index (χ2v) is 3.46. The molecule has 5 nitrogen and oxygen atoms in total. The van der Waals surface area contributed by atoms with Crippen LogP contribution in [0.15, 0.2) is 17.4 Å². The first-order valence-corrected chi connectivity index (χ1v) is 4.66. The van der Waals surface area contributed by atoms with E-state index in [-0.39, 0.29) is 11.9 Å². The average Bonchev–Trinajstić information content (AvgIpc) is 2.16. The predicted octanol–water partition coefficient (Wildman–Crippen LogP) is 1.27. The molecule has 0 aliphatic carbocycles. The molecule has 0 aliphatic heterocycles. The highest BCUT2D eigenvalue weighted by molar-refractivity contribution is 6.00. The van der Waals surface area contributed by atoms with Crippen molar-refractivity contribution in [1.29, 1.82) is 0 Å². The molecule has 0 bridgehead atoms. The lowest BCUT2D eigenvalue weighted by atomic mass is 10.1. The van der Waals surface area contributed by atoms with Crippen LogP contribution in [0.25, 0.3) is 0 Å². The first-order valence-electron chi connectivity index (χ1n) is 4.66. The van der Waals surface area contributed by atoms with Crippen molar-refractivity contribution in [2.24, 2.45) is 10.9 Å². The quantitative estimate of drug-likeness (QED) is 0.340. The lowest BCUT2D eigenvalue weighted by molar-refractivity contribution is 0.231. The third kappa shape index (κ3) is 2.59. The molecule has 1 heterocycles. The Morgan fingerprint density at radius 1 is 1.60 bits per heavy atom. The van der Waals surface area contributed by atoms with E-state index in [2.05, 4.69) is 10.1 Å². The van der Waals surface area contributed by atoms with Crippen molar-refractivity contribution in [2.45, 2.75) is 26.9 Å². The molecule has 0 saturated heterocycles. The van der Waals surface area contributed by atoms with Crippen molar-refractivity contribution in [1.82, 2.24) is 4.98 Å². The summed E-state index contributed by atoms with van der Waals surface area (Å²) in [5, 5.41) is 11.6. The fourth-order valence-corrected chi connectivity index (χ4v) is 1.21. The van der Waals surface area contributed by atoms with Crippen LogP contribution < -0.4 is 10.5 Å². The van der Waals surface area contributed by atoms with E-state index < -0.39 is 0 Å². The van der Waals surface area contributed by atoms with Gasteiger partial charge in [0.2, 0.25) is 5.88 Å². The number of aromatic nitrogens is 1. The van der Waals surface area contributed by atoms with E-state index in [4.69, 9.17) is 15.7 Å². The molecule has 1 aromatic heterocycles. The summed E-state index contributed by atoms with van der Waals surface area (Å²) in [5.41, 5.74) is 6.94. The molecular formula is C10H15N3O2. The minimum atomic E-state index is -0.00968. The number of amidine groups is 1. The van der Waals surface area contributed by atoms with Crippen molar-refractivity contribution in [3.63, 3.8) is 0 Å². The molecule has 1 rings (SSSR count). The number of aryl methyl sites for hydroxylation is 1. The van der Waals surface area contributed by atoms with Gasteiger partial charge in [0, 0.05) is 6.20 Å². The molecule has 5 heteroatoms. The van der Waals surface area contributed by atoms with Crippen molar-refractivity contribution < 1.29 is 9.94 Å². The average molecular weight is 209 g/mol. The second-order valence-electron chi connectivity index (χ2n) is 3.46. The number of hydrogen-bond donors (Lipinski definition) is 2. The number of oxime groups is 1. The Hall–Kier alpha value is -1.78. The van der Waals surface area contributed by atoms with Crippen molar-refractivity contribution in [3.05, 3.63) is 23.4 Å². The SMILES string of the molecule is Cc1ccnc(OC(C)C)c1/C(N)=N/O. The molecule has 15 heavy (non-hydrogen) atoms. The summed E-state index contributed by atoms with van der Waals surface area (Å²) in [5.74, 6) is 0.400. The Bertz CT molecular complexity index is 375. The maximum atomic E-state index is 8.65. The minimum Gasteiger partial charge on any atom is -0.474 e. The Balaban J connectivity index is 3.20. The predicted molar refractivity (Wildman–Crippen MR) is 57.2 cm³/mol. The monoisotopic (exact) mass is 209 g/mol. The summed E-state index contributed by atoms with van der Waals surface area (Å²) >= 11 is 0. The lowest BCUT2D eigenvalue weighted by Gasteiger charge is -2.13. The van der Waals surface area contributed by atoms with Crippen molar-refractivity contribution in [2.75, 3.05) is 0 Å². The molecule has 0 atom stereocenters. The van der Waals surface area contributed by atoms with Gasteiger partial charge < -0.3 is 15.7 Å². The van der Waals surface area contributed by atoms with Gasteiger partial charge in [0.05, 0.1) is 11.7 Å². The van der Waals surface area contributed by atoms with Crippen LogP contribution in [0.2, 0.25) is 0 Å². The van der Waals surface area contributed by atoms with E-state index in [1.165, 1.54) is 0 Å². The highest BCUT2D eigenvalue weighted by Gasteiger charge is 2.13. The summed E-state index contributed by atoms with van der Waals surface area (Å²) in [6.07, 6.45) is 1.62. The molecule has 1 aromatic rings. The zero-order valence-corrected chi connectivity index (χ0v) is 9.06. The molecule has 0 unspecified atom stereocenters. The van der Waals surface area contributed by atoms with Crippen LogP contribution in [0.3, 0.4) is 0 Å². The van der Waals surface area contributed by atoms with E-state index in [1.807, 2.05) is 20.8 Å². The first kappa shape index (κ1) is 11.3. The van der Waals surface area contributed by atoms with Gasteiger partial charge in [-0.05, 0) is 32.4 Å². The van der Waals surface area contributed by atoms with E-state index in [1.54, 1.807) is 12.3 Å². The number of nitrogens with two attached hydrogens (primary N) is 1. The van der Waals surface area contributed by atoms with Crippen LogP contribution >= 0.6 is 0 Å². The molecule has 0 saturated carbocycles. The smallest absolute Gasteiger partial charge is 0.225 e. The Kier molecular flexibility index (Phi) is 3.49. The highest BCUT2D eigenvalue weighted by Crippen LogP contribution is 2.19. The molecule has 0 aromatic carbocycles. The van der Waals surface area contributed by atoms with Crippen LogP contribution in [-0.4, -0.2) is 22.1 Å². The highest BCUT2D eigenvalue weighted by atomic mass is 16.5. The van der Waals surface area contributed by atoms with Gasteiger partial charge in [0.25, 0.3) is 0 Å². The van der Waals surface area contributed by atoms with Gasteiger partial charge in [0.1, 0.15) is 0 Å². The standard InChI is InChI=1S/C10H15N3O2/c1-6(2)15-10-8(9(11)13-14)7(3)4-5-12-10/h4-6,14H,1-3H3,(H2,11,13). The van der Waals surface area contributed by atoms with Gasteiger partial charge in [-0.2, -0.15) is 0 Å². The Morgan fingerprint density at radius 3 is 2.80 bits per heavy atom. The second kappa shape index (κ2) is 4.63. The molecule has 0 fully saturated rings. The van der Waals surface area contributed by atoms with Gasteiger partial charge in [-0.25, -0.2) is 4.98 Å². The van der Waals surface area contributed by atoms with E-state index in [9.17, 15) is 0 Å². The maximum Gasteiger partial charge on any atom is 0.225 e. The number of nitrogens with zero attached hydrogens (tertiary/aromatic N) is 2. The fourth-order valence-electron chi connectivity index (χ4n) is 1.21. The van der Waals surface area contributed by atoms with Crippen LogP contribution in [0, 0.1) is 6.92 Å². The van der Waals surface area contributed by atoms with Gasteiger partial charge in [-0.1, -0.05) is 5.16 Å². The van der Waals surface area contributed by atoms with Gasteiger partial charge in [-0.15, -0.1) is 0 Å². The van der Waals surface area contributed by atoms with E-state index in [0.717, 1.165) is 5.56 Å². The van der Waals surface area contributed by atoms with Crippen LogP contribution in [0.5, 0.6) is 5.88 Å². The number of ether oxygens (including phenoxy) is 1. The summed E-state index contributed by atoms with van der Waals surface area (Å²) < 4.78 is 5.47. The topological polar surface area (TPSA) is 80.7 Å². The van der Waals surface area contributed by atoms with Gasteiger partial charge in [0.15, 0.2) is 5.84 Å². The lowest BCUT2D eigenvalue weighted by Crippen LogP contribution is -2.19. The van der Waals surface area contributed by atoms with Crippen molar-refractivity contribution >= 4 is 5.84 Å². The number of rotatable bonds is 3. The third-order valence-corrected chi connectivity index (χ3v) is 1.84. The van der Waals surface area contributed by atoms with Crippen LogP contribution in [-0.2, 0) is 0 Å². The molecule has 0 amide bonds. The summed E-state index contributed by atoms with van der Waals surface area (Å²) in [6.45, 7) is 5.63. The minimum absolute atomic E-state index is 0.00968. The summed E-state index contributed by atoms with van der Waals surface area (Å²) in [4.78, 5) is 4.05. The maximum absolute atomic E-state index is 8.65. The largest absolute Gasteiger partial charge is 0.474 e. The zero-order chi connectivity index (χ0) is 11.4. The molecule has 0 radical (unpaired) electrons. The Morgan fingerprint density at radius 2 is 2.27 bits per heavy atom. The molecule has 82 valence electrons. The summed E-state index contributed by atoms with van der Waals surface area (Å²) in [6, 6.07) is 1.78.